The molecule has 0 spiro atoms. The van der Waals surface area contributed by atoms with Crippen LogP contribution in [0.25, 0.3) is 0 Å². The van der Waals surface area contributed by atoms with Gasteiger partial charge in [-0.1, -0.05) is 34.1 Å². The molecule has 51 heavy (non-hydrogen) atoms. The molecule has 1 saturated heterocycles. The molecule has 2 radical (unpaired) electrons. The van der Waals surface area contributed by atoms with Gasteiger partial charge in [-0.25, -0.2) is 9.59 Å². The number of Topliss-reactive ketones (excluding diaryl/α,β-unsaturated/α-hetero) is 1. The van der Waals surface area contributed by atoms with E-state index in [9.17, 15) is 44.7 Å². The van der Waals surface area contributed by atoms with Crippen molar-refractivity contribution in [2.75, 3.05) is 6.61 Å². The molecule has 14 nitrogen and oxygen atoms in total. The molecule has 0 aromatic rings. The van der Waals surface area contributed by atoms with E-state index in [1.165, 1.54) is 13.8 Å². The number of aliphatic hydroxyl groups is 5. The number of alkyl carbamates (subject to hydrolysis) is 1. The van der Waals surface area contributed by atoms with Gasteiger partial charge in [0.25, 0.3) is 0 Å². The summed E-state index contributed by atoms with van der Waals surface area (Å²) < 4.78 is 22.7. The van der Waals surface area contributed by atoms with Gasteiger partial charge in [-0.05, 0) is 56.6 Å². The van der Waals surface area contributed by atoms with Crippen molar-refractivity contribution in [1.29, 1.82) is 0 Å². The van der Waals surface area contributed by atoms with Gasteiger partial charge in [-0.15, -0.1) is 0 Å². The van der Waals surface area contributed by atoms with Gasteiger partial charge in [-0.2, -0.15) is 0 Å². The number of hydrogen-bond acceptors (Lipinski definition) is 13. The molecule has 3 saturated carbocycles. The number of carbonyl (C=O) groups excluding carboxylic acids is 4. The molecule has 11 atom stereocenters. The van der Waals surface area contributed by atoms with Gasteiger partial charge in [0.1, 0.15) is 35.6 Å². The maximum Gasteiger partial charge on any atom is 0.407 e. The average Bonchev–Trinajstić information content (AvgIpc) is 3.02. The Morgan fingerprint density at radius 3 is 2.12 bits per heavy atom. The molecule has 0 aromatic carbocycles. The van der Waals surface area contributed by atoms with Crippen molar-refractivity contribution in [3.8, 4) is 0 Å². The zero-order chi connectivity index (χ0) is 36.4. The molecule has 2 bridgehead atoms. The van der Waals surface area contributed by atoms with E-state index in [-0.39, 0.29) is 118 Å². The van der Waals surface area contributed by atoms with Crippen LogP contribution < -0.4 is 5.32 Å². The number of esters is 2. The van der Waals surface area contributed by atoms with E-state index in [4.69, 9.17) is 18.9 Å². The Hall–Kier alpha value is 0.263. The van der Waals surface area contributed by atoms with E-state index in [1.807, 2.05) is 0 Å². The molecule has 1 aliphatic heterocycles. The van der Waals surface area contributed by atoms with E-state index in [2.05, 4.69) is 5.32 Å². The van der Waals surface area contributed by atoms with Gasteiger partial charge in [-0.3, -0.25) is 9.59 Å². The summed E-state index contributed by atoms with van der Waals surface area (Å²) in [6.45, 7) is 10.3. The smallest absolute Gasteiger partial charge is 0.407 e. The Morgan fingerprint density at radius 2 is 1.59 bits per heavy atom. The maximum atomic E-state index is 14.4. The summed E-state index contributed by atoms with van der Waals surface area (Å²) in [6, 6.07) is -1.11. The summed E-state index contributed by atoms with van der Waals surface area (Å²) in [5.41, 5.74) is -7.22. The Bertz CT molecular complexity index is 1380. The maximum absolute atomic E-state index is 14.4. The van der Waals surface area contributed by atoms with Crippen molar-refractivity contribution in [1.82, 2.24) is 5.32 Å². The molecule has 1 heterocycles. The third-order valence-electron chi connectivity index (χ3n) is 12.3. The van der Waals surface area contributed by atoms with E-state index >= 15 is 0 Å². The van der Waals surface area contributed by atoms with E-state index in [1.54, 1.807) is 27.7 Å². The molecular weight excluding hydrogens is 1100 g/mol. The Morgan fingerprint density at radius 1 is 0.980 bits per heavy atom. The summed E-state index contributed by atoms with van der Waals surface area (Å²) >= 11 is 0. The van der Waals surface area contributed by atoms with Crippen LogP contribution in [0.1, 0.15) is 93.4 Å². The molecule has 1 unspecified atom stereocenters. The molecule has 0 aromatic heterocycles. The van der Waals surface area contributed by atoms with Crippen LogP contribution in [0.2, 0.25) is 0 Å². The third-order valence-corrected chi connectivity index (χ3v) is 12.3. The number of amides is 1. The third kappa shape index (κ3) is 7.83. The van der Waals surface area contributed by atoms with Crippen molar-refractivity contribution in [2.45, 2.75) is 153 Å². The van der Waals surface area contributed by atoms with Gasteiger partial charge in [0.15, 0.2) is 11.9 Å². The van der Waals surface area contributed by atoms with Crippen molar-refractivity contribution in [3.63, 3.8) is 0 Å². The first-order chi connectivity index (χ1) is 22.7. The zero-order valence-corrected chi connectivity index (χ0v) is 40.1. The summed E-state index contributed by atoms with van der Waals surface area (Å²) in [5.74, 6) is -4.73. The monoisotopic (exact) mass is 1150 g/mol. The fourth-order valence-electron chi connectivity index (χ4n) is 9.27. The molecule has 5 aliphatic rings. The van der Waals surface area contributed by atoms with Crippen LogP contribution in [0.15, 0.2) is 11.1 Å². The summed E-state index contributed by atoms with van der Waals surface area (Å²) in [4.78, 5) is 53.5. The first kappa shape index (κ1) is 45.7. The summed E-state index contributed by atoms with van der Waals surface area (Å²) in [5, 5.41) is 61.8. The number of ketones is 1. The molecule has 5 rings (SSSR count). The van der Waals surface area contributed by atoms with Crippen LogP contribution in [0.3, 0.4) is 0 Å². The molecule has 1 amide bonds. The zero-order valence-electron chi connectivity index (χ0n) is 30.6. The Labute approximate surface area is 370 Å². The van der Waals surface area contributed by atoms with Crippen LogP contribution >= 0.6 is 0 Å². The molecule has 282 valence electrons. The van der Waals surface area contributed by atoms with E-state index in [0.717, 1.165) is 39.0 Å². The van der Waals surface area contributed by atoms with Gasteiger partial charge in [0.05, 0.1) is 30.3 Å². The molecule has 4 aliphatic carbocycles. The number of carbonyl (C=O) groups is 4. The predicted octanol–water partition coefficient (Wildman–Crippen LogP) is 1.21. The number of aliphatic hydroxyl groups excluding tert-OH is 3. The largest absolute Gasteiger partial charge is 0.459 e. The van der Waals surface area contributed by atoms with Gasteiger partial charge in [0.2, 0.25) is 0 Å². The predicted molar refractivity (Wildman–Crippen MR) is 171 cm³/mol. The number of nitrogens with one attached hydrogen (secondary N) is 1. The second-order valence-electron chi connectivity index (χ2n) is 15.9. The SMILES string of the molecule is CC(=O)O[C@H]1[C@@H]2[C@]3(O)CO[C@@H]3C[C@H](O)[C@@]2(C)C(=O)[C@H](O)C2=C(C)C(OC(=O)[C@H](O)[C@@H](NC(=O)OC3CCCCC3)C(C)C)C[C@]1(O)C2(C)C.[Ac].[Ac]. The second kappa shape index (κ2) is 16.8. The van der Waals surface area contributed by atoms with Crippen LogP contribution in [0.4, 0.5) is 4.79 Å². The van der Waals surface area contributed by atoms with Crippen LogP contribution in [0.5, 0.6) is 0 Å². The van der Waals surface area contributed by atoms with E-state index in [0.29, 0.717) is 0 Å². The molecular formula is C35H53Ac2NO13. The summed E-state index contributed by atoms with van der Waals surface area (Å²) in [7, 11) is 0. The van der Waals surface area contributed by atoms with E-state index < -0.39 is 107 Å². The van der Waals surface area contributed by atoms with Crippen molar-refractivity contribution < 1.29 is 152 Å². The minimum absolute atomic E-state index is 0. The minimum Gasteiger partial charge on any atom is -0.459 e. The van der Waals surface area contributed by atoms with Crippen LogP contribution in [-0.4, -0.2) is 116 Å². The average molecular weight is 1150 g/mol. The molecule has 6 N–H and O–H groups in total. The number of fused-ring (bicyclic) bond motifs is 5. The standard InChI is InChI=1S/C35H53NO13.2Ac/c1-16(2)24(36-31(43)48-19-11-9-8-10-12-19)26(40)30(42)49-20-14-35(45)29(47-18(4)37)27-33(7,21(38)13-22-34(27,44)15-46-22)28(41)25(39)23(17(20)3)32(35,5)6;;/h16,19-22,24-27,29,38-40,44-45H,8-15H2,1-7H3,(H,36,43);;/t20?,21-,22+,24-,25+,26+,27-,29-,33+,34-,35+;;/m0../s1. The second-order valence-corrected chi connectivity index (χ2v) is 15.9. The number of rotatable bonds is 7. The Kier molecular flexibility index (Phi) is 15.0. The first-order valence-electron chi connectivity index (χ1n) is 17.4. The van der Waals surface area contributed by atoms with Crippen molar-refractivity contribution >= 4 is 23.8 Å². The van der Waals surface area contributed by atoms with Crippen molar-refractivity contribution in [3.05, 3.63) is 11.1 Å². The molecule has 4 fully saturated rings. The van der Waals surface area contributed by atoms with Crippen LogP contribution in [-0.2, 0) is 33.3 Å². The van der Waals surface area contributed by atoms with Gasteiger partial charge >= 0.3 is 18.0 Å². The Balaban J connectivity index is 0.00000351. The number of hydrogen-bond donors (Lipinski definition) is 6. The van der Waals surface area contributed by atoms with Crippen LogP contribution in [0, 0.1) is 111 Å². The first-order valence-corrected chi connectivity index (χ1v) is 17.4. The quantitative estimate of drug-likeness (QED) is 0.120. The van der Waals surface area contributed by atoms with Crippen molar-refractivity contribution in [2.24, 2.45) is 22.7 Å². The fourth-order valence-corrected chi connectivity index (χ4v) is 9.27. The summed E-state index contributed by atoms with van der Waals surface area (Å²) in [6.07, 6.45) is -6.37. The van der Waals surface area contributed by atoms with Gasteiger partial charge in [0, 0.05) is 119 Å². The fraction of sp³-hybridized carbons (Fsp3) is 0.829. The minimum atomic E-state index is -2.20. The van der Waals surface area contributed by atoms with Gasteiger partial charge < -0.3 is 49.8 Å². The molecule has 16 heteroatoms. The topological polar surface area (TPSA) is 218 Å². The normalized spacial score (nSPS) is 38.5. The number of ether oxygens (including phenoxy) is 4.